The highest BCUT2D eigenvalue weighted by Gasteiger charge is 2.16. The standard InChI is InChI=1S/C21H29NO5S4/c1-27-21(26)18-13-15(6-7-19(18)24)12-16(23)14-30-28-11-9-22-20(25)5-3-2-4-17-8-10-29-31-17/h6-7,13,17,24H,2-5,8-12,14H2,1H3,(H,22,25). The first-order chi connectivity index (χ1) is 15.0. The zero-order chi connectivity index (χ0) is 22.5. The molecule has 1 atom stereocenters. The van der Waals surface area contributed by atoms with Crippen LogP contribution >= 0.6 is 43.2 Å². The molecule has 1 aliphatic rings. The van der Waals surface area contributed by atoms with Crippen molar-refractivity contribution >= 4 is 60.8 Å². The molecule has 0 spiro atoms. The van der Waals surface area contributed by atoms with Crippen molar-refractivity contribution in [3.05, 3.63) is 29.3 Å². The number of carbonyl (C=O) groups is 3. The molecule has 1 aliphatic heterocycles. The fraction of sp³-hybridized carbons (Fsp3) is 0.571. The third-order valence-electron chi connectivity index (χ3n) is 4.59. The van der Waals surface area contributed by atoms with E-state index >= 15 is 0 Å². The molecule has 0 saturated carbocycles. The molecule has 1 unspecified atom stereocenters. The van der Waals surface area contributed by atoms with Gasteiger partial charge in [0.25, 0.3) is 0 Å². The predicted molar refractivity (Wildman–Crippen MR) is 133 cm³/mol. The smallest absolute Gasteiger partial charge is 0.341 e. The average Bonchev–Trinajstić information content (AvgIpc) is 3.28. The lowest BCUT2D eigenvalue weighted by molar-refractivity contribution is -0.121. The normalized spacial score (nSPS) is 15.6. The van der Waals surface area contributed by atoms with Crippen LogP contribution in [0, 0.1) is 0 Å². The van der Waals surface area contributed by atoms with Crippen molar-refractivity contribution in [1.82, 2.24) is 5.32 Å². The van der Waals surface area contributed by atoms with E-state index in [-0.39, 0.29) is 29.4 Å². The third kappa shape index (κ3) is 10.5. The van der Waals surface area contributed by atoms with Crippen LogP contribution in [0.5, 0.6) is 5.75 Å². The van der Waals surface area contributed by atoms with Crippen LogP contribution in [-0.2, 0) is 20.7 Å². The van der Waals surface area contributed by atoms with Gasteiger partial charge in [-0.05, 0) is 37.0 Å². The Morgan fingerprint density at radius 1 is 1.26 bits per heavy atom. The van der Waals surface area contributed by atoms with Gasteiger partial charge in [-0.1, -0.05) is 55.7 Å². The molecule has 2 rings (SSSR count). The fourth-order valence-electron chi connectivity index (χ4n) is 2.95. The molecule has 1 amide bonds. The number of phenols is 1. The van der Waals surface area contributed by atoms with Crippen molar-refractivity contribution in [2.45, 2.75) is 43.8 Å². The average molecular weight is 504 g/mol. The molecular weight excluding hydrogens is 475 g/mol. The Kier molecular flexibility index (Phi) is 12.7. The van der Waals surface area contributed by atoms with Gasteiger partial charge in [-0.25, -0.2) is 4.79 Å². The highest BCUT2D eigenvalue weighted by molar-refractivity contribution is 8.77. The number of methoxy groups -OCH3 is 1. The summed E-state index contributed by atoms with van der Waals surface area (Å²) in [5.74, 6) is 1.67. The van der Waals surface area contributed by atoms with Gasteiger partial charge in [-0.3, -0.25) is 9.59 Å². The van der Waals surface area contributed by atoms with Crippen molar-refractivity contribution in [1.29, 1.82) is 0 Å². The Bertz CT molecular complexity index is 740. The minimum atomic E-state index is -0.634. The zero-order valence-electron chi connectivity index (χ0n) is 17.6. The number of phenolic OH excluding ortho intramolecular Hbond substituents is 1. The van der Waals surface area contributed by atoms with Gasteiger partial charge in [0, 0.05) is 36.1 Å². The Morgan fingerprint density at radius 2 is 2.10 bits per heavy atom. The third-order valence-corrected chi connectivity index (χ3v) is 9.92. The molecule has 2 N–H and O–H groups in total. The van der Waals surface area contributed by atoms with Gasteiger partial charge >= 0.3 is 5.97 Å². The highest BCUT2D eigenvalue weighted by atomic mass is 33.1. The van der Waals surface area contributed by atoms with Gasteiger partial charge in [0.15, 0.2) is 0 Å². The number of rotatable bonds is 14. The van der Waals surface area contributed by atoms with Crippen LogP contribution < -0.4 is 5.32 Å². The van der Waals surface area contributed by atoms with Gasteiger partial charge in [0.1, 0.15) is 17.1 Å². The fourth-order valence-corrected chi connectivity index (χ4v) is 7.85. The predicted octanol–water partition coefficient (Wildman–Crippen LogP) is 4.50. The minimum Gasteiger partial charge on any atom is -0.507 e. The maximum Gasteiger partial charge on any atom is 0.341 e. The van der Waals surface area contributed by atoms with E-state index in [1.165, 1.54) is 48.6 Å². The summed E-state index contributed by atoms with van der Waals surface area (Å²) in [6.07, 6.45) is 5.33. The maximum atomic E-state index is 12.1. The lowest BCUT2D eigenvalue weighted by Gasteiger charge is -2.08. The quantitative estimate of drug-likeness (QED) is 0.216. The number of hydrogen-bond acceptors (Lipinski definition) is 9. The molecule has 31 heavy (non-hydrogen) atoms. The number of aromatic hydroxyl groups is 1. The maximum absolute atomic E-state index is 12.1. The van der Waals surface area contributed by atoms with E-state index in [4.69, 9.17) is 0 Å². The number of Topliss-reactive ketones (excluding diaryl/α,β-unsaturated/α-hetero) is 1. The van der Waals surface area contributed by atoms with Crippen LogP contribution in [0.3, 0.4) is 0 Å². The van der Waals surface area contributed by atoms with E-state index in [1.54, 1.807) is 16.9 Å². The second-order valence-electron chi connectivity index (χ2n) is 7.07. The van der Waals surface area contributed by atoms with Crippen molar-refractivity contribution in [3.8, 4) is 5.75 Å². The van der Waals surface area contributed by atoms with E-state index in [2.05, 4.69) is 10.1 Å². The summed E-state index contributed by atoms with van der Waals surface area (Å²) in [6, 6.07) is 4.50. The molecule has 1 aromatic carbocycles. The van der Waals surface area contributed by atoms with E-state index in [9.17, 15) is 19.5 Å². The number of ether oxygens (including phenoxy) is 1. The number of nitrogens with one attached hydrogen (secondary N) is 1. The van der Waals surface area contributed by atoms with Crippen LogP contribution in [0.25, 0.3) is 0 Å². The summed E-state index contributed by atoms with van der Waals surface area (Å²) >= 11 is 0. The number of unbranched alkanes of at least 4 members (excludes halogenated alkanes) is 1. The van der Waals surface area contributed by atoms with E-state index in [0.717, 1.165) is 23.8 Å². The second-order valence-corrected chi connectivity index (χ2v) is 12.4. The first-order valence-corrected chi connectivity index (χ1v) is 15.1. The summed E-state index contributed by atoms with van der Waals surface area (Å²) in [7, 11) is 8.19. The Balaban J connectivity index is 1.51. The first kappa shape index (κ1) is 26.3. The molecule has 6 nitrogen and oxygen atoms in total. The van der Waals surface area contributed by atoms with E-state index in [0.29, 0.717) is 24.3 Å². The molecule has 0 aliphatic carbocycles. The summed E-state index contributed by atoms with van der Waals surface area (Å²) in [5.41, 5.74) is 0.716. The van der Waals surface area contributed by atoms with Crippen LogP contribution in [0.15, 0.2) is 18.2 Å². The summed E-state index contributed by atoms with van der Waals surface area (Å²) in [6.45, 7) is 0.597. The molecule has 0 aromatic heterocycles. The number of carbonyl (C=O) groups excluding carboxylic acids is 3. The molecule has 1 saturated heterocycles. The first-order valence-electron chi connectivity index (χ1n) is 10.2. The minimum absolute atomic E-state index is 0.0295. The highest BCUT2D eigenvalue weighted by Crippen LogP contribution is 2.39. The van der Waals surface area contributed by atoms with Crippen LogP contribution in [0.1, 0.15) is 48.0 Å². The van der Waals surface area contributed by atoms with Crippen LogP contribution in [0.2, 0.25) is 0 Å². The molecular formula is C21H29NO5S4. The van der Waals surface area contributed by atoms with Crippen molar-refractivity contribution < 1.29 is 24.2 Å². The van der Waals surface area contributed by atoms with Gasteiger partial charge in [-0.15, -0.1) is 0 Å². The Morgan fingerprint density at radius 3 is 2.84 bits per heavy atom. The van der Waals surface area contributed by atoms with Crippen molar-refractivity contribution in [3.63, 3.8) is 0 Å². The van der Waals surface area contributed by atoms with Gasteiger partial charge in [0.2, 0.25) is 5.91 Å². The number of hydrogen-bond donors (Lipinski definition) is 2. The van der Waals surface area contributed by atoms with E-state index < -0.39 is 5.97 Å². The molecule has 172 valence electrons. The lowest BCUT2D eigenvalue weighted by atomic mass is 10.1. The van der Waals surface area contributed by atoms with Crippen molar-refractivity contribution in [2.24, 2.45) is 0 Å². The monoisotopic (exact) mass is 503 g/mol. The number of esters is 1. The number of ketones is 1. The summed E-state index contributed by atoms with van der Waals surface area (Å²) in [5, 5.41) is 13.4. The molecule has 0 radical (unpaired) electrons. The SMILES string of the molecule is COC(=O)c1cc(CC(=O)CSSCCNC(=O)CCCCC2CCSS2)ccc1O. The van der Waals surface area contributed by atoms with E-state index in [1.807, 2.05) is 21.6 Å². The largest absolute Gasteiger partial charge is 0.507 e. The molecule has 0 bridgehead atoms. The topological polar surface area (TPSA) is 92.7 Å². The molecule has 1 aromatic rings. The number of benzene rings is 1. The van der Waals surface area contributed by atoms with Gasteiger partial charge in [0.05, 0.1) is 12.9 Å². The van der Waals surface area contributed by atoms with Gasteiger partial charge < -0.3 is 15.2 Å². The second kappa shape index (κ2) is 15.0. The summed E-state index contributed by atoms with van der Waals surface area (Å²) in [4.78, 5) is 35.6. The van der Waals surface area contributed by atoms with Gasteiger partial charge in [-0.2, -0.15) is 0 Å². The lowest BCUT2D eigenvalue weighted by Crippen LogP contribution is -2.25. The molecule has 1 heterocycles. The molecule has 1 fully saturated rings. The summed E-state index contributed by atoms with van der Waals surface area (Å²) < 4.78 is 4.62. The Labute approximate surface area is 199 Å². The van der Waals surface area contributed by atoms with Crippen LogP contribution in [-0.4, -0.2) is 58.9 Å². The van der Waals surface area contributed by atoms with Crippen molar-refractivity contribution in [2.75, 3.05) is 30.9 Å². The number of amides is 1. The Hall–Kier alpha value is -0.970. The van der Waals surface area contributed by atoms with Crippen LogP contribution in [0.4, 0.5) is 0 Å². The molecule has 10 heteroatoms. The zero-order valence-corrected chi connectivity index (χ0v) is 20.9.